The number of anilines is 1. The number of carbonyl (C=O) groups excluding carboxylic acids is 1. The predicted octanol–water partition coefficient (Wildman–Crippen LogP) is 6.64. The van der Waals surface area contributed by atoms with Gasteiger partial charge in [-0.25, -0.2) is 0 Å². The minimum Gasteiger partial charge on any atom is -0.457 e. The molecule has 0 aliphatic rings. The molecule has 0 atom stereocenters. The lowest BCUT2D eigenvalue weighted by atomic mass is 10.1. The summed E-state index contributed by atoms with van der Waals surface area (Å²) in [5, 5.41) is 21.7. The fourth-order valence-electron chi connectivity index (χ4n) is 3.09. The van der Waals surface area contributed by atoms with Gasteiger partial charge in [0.15, 0.2) is 0 Å². The topological polar surface area (TPSA) is 110 Å². The van der Waals surface area contributed by atoms with Crippen LogP contribution in [0.25, 0.3) is 11.3 Å². The second-order valence-electron chi connectivity index (χ2n) is 7.09. The lowest BCUT2D eigenvalue weighted by Crippen LogP contribution is -2.12. The number of carbonyl (C=O) groups is 1. The maximum atomic E-state index is 12.8. The molecule has 0 bridgehead atoms. The molecule has 0 radical (unpaired) electrons. The van der Waals surface area contributed by atoms with Crippen LogP contribution in [-0.4, -0.2) is 21.0 Å². The minimum atomic E-state index is -0.558. The second-order valence-corrected chi connectivity index (χ2v) is 7.93. The van der Waals surface area contributed by atoms with Crippen molar-refractivity contribution in [2.24, 2.45) is 0 Å². The van der Waals surface area contributed by atoms with E-state index >= 15 is 0 Å². The number of nitrogens with zero attached hydrogens (tertiary/aromatic N) is 2. The Morgan fingerprint density at radius 1 is 1.09 bits per heavy atom. The molecule has 2 N–H and O–H groups in total. The lowest BCUT2D eigenvalue weighted by molar-refractivity contribution is -0.384. The molecular weight excluding hydrogens is 467 g/mol. The highest BCUT2D eigenvalue weighted by atomic mass is 35.5. The largest absolute Gasteiger partial charge is 0.457 e. The average molecular weight is 483 g/mol. The van der Waals surface area contributed by atoms with Crippen molar-refractivity contribution >= 4 is 40.5 Å². The first-order valence-corrected chi connectivity index (χ1v) is 10.4. The van der Waals surface area contributed by atoms with Gasteiger partial charge in [-0.05, 0) is 42.8 Å². The van der Waals surface area contributed by atoms with Gasteiger partial charge in [-0.2, -0.15) is 5.10 Å². The van der Waals surface area contributed by atoms with Crippen LogP contribution in [0.1, 0.15) is 16.1 Å². The van der Waals surface area contributed by atoms with Crippen LogP contribution in [0.2, 0.25) is 10.0 Å². The monoisotopic (exact) mass is 482 g/mol. The molecule has 10 heteroatoms. The molecule has 0 saturated carbocycles. The number of benzene rings is 3. The van der Waals surface area contributed by atoms with Gasteiger partial charge in [-0.1, -0.05) is 41.4 Å². The van der Waals surface area contributed by atoms with Crippen LogP contribution >= 0.6 is 23.2 Å². The van der Waals surface area contributed by atoms with Gasteiger partial charge >= 0.3 is 0 Å². The van der Waals surface area contributed by atoms with Crippen LogP contribution in [0.15, 0.2) is 66.7 Å². The molecule has 3 aromatic carbocycles. The van der Waals surface area contributed by atoms with Crippen molar-refractivity contribution in [2.75, 3.05) is 5.32 Å². The summed E-state index contributed by atoms with van der Waals surface area (Å²) in [6.07, 6.45) is 0. The molecular formula is C23H16Cl2N4O4. The average Bonchev–Trinajstić information content (AvgIpc) is 3.25. The van der Waals surface area contributed by atoms with E-state index in [9.17, 15) is 14.9 Å². The number of hydrogen-bond donors (Lipinski definition) is 2. The van der Waals surface area contributed by atoms with Gasteiger partial charge in [-0.3, -0.25) is 20.0 Å². The zero-order valence-corrected chi connectivity index (χ0v) is 18.6. The molecule has 166 valence electrons. The van der Waals surface area contributed by atoms with E-state index in [4.69, 9.17) is 27.9 Å². The van der Waals surface area contributed by atoms with Crippen molar-refractivity contribution in [3.8, 4) is 22.8 Å². The van der Waals surface area contributed by atoms with Crippen molar-refractivity contribution < 1.29 is 14.5 Å². The van der Waals surface area contributed by atoms with E-state index in [1.807, 2.05) is 19.1 Å². The molecule has 0 spiro atoms. The summed E-state index contributed by atoms with van der Waals surface area (Å²) in [6.45, 7) is 1.86. The maximum Gasteiger partial charge on any atom is 0.275 e. The summed E-state index contributed by atoms with van der Waals surface area (Å²) in [7, 11) is 0. The first kappa shape index (κ1) is 22.3. The van der Waals surface area contributed by atoms with Crippen LogP contribution < -0.4 is 10.1 Å². The SMILES string of the molecule is Cc1ccccc1Oc1cc(NC(=O)c2cc(-c3ccc(Cl)cc3Cl)n[nH]2)cc([N+](=O)[O-])c1. The highest BCUT2D eigenvalue weighted by Gasteiger charge is 2.17. The first-order valence-electron chi connectivity index (χ1n) is 9.65. The van der Waals surface area contributed by atoms with Gasteiger partial charge in [0.05, 0.1) is 27.4 Å². The Morgan fingerprint density at radius 3 is 2.61 bits per heavy atom. The summed E-state index contributed by atoms with van der Waals surface area (Å²) in [4.78, 5) is 23.6. The van der Waals surface area contributed by atoms with Gasteiger partial charge in [0.2, 0.25) is 0 Å². The number of halogens is 2. The molecule has 4 aromatic rings. The number of aromatic amines is 1. The fourth-order valence-corrected chi connectivity index (χ4v) is 3.59. The normalized spacial score (nSPS) is 10.6. The van der Waals surface area contributed by atoms with Gasteiger partial charge < -0.3 is 10.1 Å². The third-order valence-corrected chi connectivity index (χ3v) is 5.26. The number of amides is 1. The maximum absolute atomic E-state index is 12.8. The van der Waals surface area contributed by atoms with Crippen molar-refractivity contribution in [1.29, 1.82) is 0 Å². The Labute approximate surface area is 198 Å². The van der Waals surface area contributed by atoms with Crippen LogP contribution in [0.5, 0.6) is 11.5 Å². The van der Waals surface area contributed by atoms with E-state index in [2.05, 4.69) is 15.5 Å². The molecule has 0 aliphatic carbocycles. The number of rotatable bonds is 6. The van der Waals surface area contributed by atoms with E-state index < -0.39 is 10.8 Å². The van der Waals surface area contributed by atoms with E-state index in [1.165, 1.54) is 24.3 Å². The highest BCUT2D eigenvalue weighted by molar-refractivity contribution is 6.36. The van der Waals surface area contributed by atoms with Crippen molar-refractivity contribution in [3.63, 3.8) is 0 Å². The summed E-state index contributed by atoms with van der Waals surface area (Å²) < 4.78 is 5.81. The lowest BCUT2D eigenvalue weighted by Gasteiger charge is -2.10. The molecule has 1 aromatic heterocycles. The molecule has 33 heavy (non-hydrogen) atoms. The van der Waals surface area contributed by atoms with Crippen LogP contribution in [-0.2, 0) is 0 Å². The first-order chi connectivity index (χ1) is 15.8. The van der Waals surface area contributed by atoms with Gasteiger partial charge in [0.25, 0.3) is 11.6 Å². The molecule has 0 aliphatic heterocycles. The molecule has 8 nitrogen and oxygen atoms in total. The number of ether oxygens (including phenoxy) is 1. The Balaban J connectivity index is 1.59. The Hall–Kier alpha value is -3.88. The van der Waals surface area contributed by atoms with Crippen molar-refractivity contribution in [1.82, 2.24) is 10.2 Å². The number of hydrogen-bond acceptors (Lipinski definition) is 5. The van der Waals surface area contributed by atoms with E-state index in [0.717, 1.165) is 5.56 Å². The number of non-ortho nitro benzene ring substituents is 1. The Bertz CT molecular complexity index is 1370. The van der Waals surface area contributed by atoms with Crippen LogP contribution in [0.4, 0.5) is 11.4 Å². The number of nitro benzene ring substituents is 1. The van der Waals surface area contributed by atoms with Gasteiger partial charge in [0.1, 0.15) is 17.2 Å². The third-order valence-electron chi connectivity index (χ3n) is 4.71. The molecule has 0 fully saturated rings. The van der Waals surface area contributed by atoms with Crippen molar-refractivity contribution in [3.05, 3.63) is 98.1 Å². The Kier molecular flexibility index (Phi) is 6.30. The smallest absolute Gasteiger partial charge is 0.275 e. The molecule has 4 rings (SSSR count). The number of aromatic nitrogens is 2. The zero-order valence-electron chi connectivity index (χ0n) is 17.1. The predicted molar refractivity (Wildman–Crippen MR) is 126 cm³/mol. The zero-order chi connectivity index (χ0) is 23.5. The molecule has 0 saturated heterocycles. The second kappa shape index (κ2) is 9.32. The fraction of sp³-hybridized carbons (Fsp3) is 0.0435. The number of nitro groups is 1. The van der Waals surface area contributed by atoms with E-state index in [-0.39, 0.29) is 22.8 Å². The number of aryl methyl sites for hydroxylation is 1. The standard InChI is InChI=1S/C23H16Cl2N4O4/c1-13-4-2-3-5-22(13)33-17-10-15(9-16(11-17)29(31)32)26-23(30)21-12-20(27-28-21)18-7-6-14(24)8-19(18)25/h2-12H,1H3,(H,26,30)(H,27,28). The molecule has 1 heterocycles. The van der Waals surface area contributed by atoms with Crippen LogP contribution in [0, 0.1) is 17.0 Å². The van der Waals surface area contributed by atoms with Gasteiger partial charge in [-0.15, -0.1) is 0 Å². The van der Waals surface area contributed by atoms with E-state index in [1.54, 1.807) is 30.3 Å². The van der Waals surface area contributed by atoms with Crippen molar-refractivity contribution in [2.45, 2.75) is 6.92 Å². The Morgan fingerprint density at radius 2 is 1.88 bits per heavy atom. The molecule has 0 unspecified atom stereocenters. The molecule has 1 amide bonds. The third kappa shape index (κ3) is 5.14. The van der Waals surface area contributed by atoms with E-state index in [0.29, 0.717) is 27.1 Å². The number of H-pyrrole nitrogens is 1. The van der Waals surface area contributed by atoms with Crippen LogP contribution in [0.3, 0.4) is 0 Å². The van der Waals surface area contributed by atoms with Gasteiger partial charge in [0, 0.05) is 22.7 Å². The number of nitrogens with one attached hydrogen (secondary N) is 2. The number of para-hydroxylation sites is 1. The minimum absolute atomic E-state index is 0.142. The quantitative estimate of drug-likeness (QED) is 0.236. The summed E-state index contributed by atoms with van der Waals surface area (Å²) in [5.74, 6) is 0.224. The summed E-state index contributed by atoms with van der Waals surface area (Å²) in [6, 6.07) is 17.8. The summed E-state index contributed by atoms with van der Waals surface area (Å²) >= 11 is 12.1. The highest BCUT2D eigenvalue weighted by Crippen LogP contribution is 2.32. The summed E-state index contributed by atoms with van der Waals surface area (Å²) in [5.41, 5.74) is 2.02.